The van der Waals surface area contributed by atoms with E-state index in [9.17, 15) is 22.5 Å². The number of nitrogens with zero attached hydrogens (tertiary/aromatic N) is 4. The van der Waals surface area contributed by atoms with E-state index in [1.807, 2.05) is 24.0 Å². The Hall–Kier alpha value is -3.35. The van der Waals surface area contributed by atoms with Crippen LogP contribution in [0.15, 0.2) is 47.5 Å². The summed E-state index contributed by atoms with van der Waals surface area (Å²) in [6, 6.07) is 12.1. The van der Waals surface area contributed by atoms with E-state index in [0.717, 1.165) is 24.2 Å². The molecule has 0 radical (unpaired) electrons. The third-order valence-corrected chi connectivity index (χ3v) is 10.5. The molecule has 0 saturated carbocycles. The van der Waals surface area contributed by atoms with Crippen LogP contribution in [-0.4, -0.2) is 96.8 Å². The smallest absolute Gasteiger partial charge is 0.253 e. The van der Waals surface area contributed by atoms with E-state index in [0.29, 0.717) is 42.5 Å². The summed E-state index contributed by atoms with van der Waals surface area (Å²) in [5, 5.41) is 2.76. The average molecular weight is 600 g/mol. The Bertz CT molecular complexity index is 1480. The maximum Gasteiger partial charge on any atom is 0.253 e. The Balaban J connectivity index is 1.17. The van der Waals surface area contributed by atoms with Gasteiger partial charge >= 0.3 is 0 Å². The van der Waals surface area contributed by atoms with Crippen molar-refractivity contribution in [3.63, 3.8) is 0 Å². The van der Waals surface area contributed by atoms with E-state index in [-0.39, 0.29) is 49.2 Å². The largest absolute Gasteiger partial charge is 0.336 e. The molecule has 2 fully saturated rings. The van der Waals surface area contributed by atoms with Gasteiger partial charge in [0.25, 0.3) is 11.8 Å². The third kappa shape index (κ3) is 6.20. The molecular formula is C30H38FN5O5S. The molecule has 5 rings (SSSR count). The van der Waals surface area contributed by atoms with Crippen molar-refractivity contribution in [2.45, 2.75) is 51.6 Å². The lowest BCUT2D eigenvalue weighted by molar-refractivity contribution is -0.124. The van der Waals surface area contributed by atoms with Crippen LogP contribution >= 0.6 is 0 Å². The lowest BCUT2D eigenvalue weighted by Gasteiger charge is -2.37. The van der Waals surface area contributed by atoms with Crippen LogP contribution in [0, 0.1) is 6.92 Å². The first kappa shape index (κ1) is 30.1. The second-order valence-electron chi connectivity index (χ2n) is 11.6. The fraction of sp³-hybridized carbons (Fsp3) is 0.500. The minimum Gasteiger partial charge on any atom is -0.336 e. The SMILES string of the molecule is Cc1cc(C(=O)N2CCN(C(C)C)CC2)ccc1CCS(=O)(=O)N1CCC2(CC1)N=C(c1cccc(OF)c1)NC2=O. The van der Waals surface area contributed by atoms with Gasteiger partial charge in [0, 0.05) is 61.0 Å². The van der Waals surface area contributed by atoms with Crippen molar-refractivity contribution in [3.8, 4) is 5.75 Å². The number of aryl methyl sites for hydroxylation is 2. The Morgan fingerprint density at radius 1 is 1.07 bits per heavy atom. The van der Waals surface area contributed by atoms with Crippen molar-refractivity contribution in [3.05, 3.63) is 64.7 Å². The zero-order chi connectivity index (χ0) is 30.1. The molecule has 3 aliphatic rings. The Morgan fingerprint density at radius 3 is 2.43 bits per heavy atom. The molecule has 0 atom stereocenters. The van der Waals surface area contributed by atoms with E-state index in [1.54, 1.807) is 18.2 Å². The summed E-state index contributed by atoms with van der Waals surface area (Å²) in [5.74, 6) is -0.0168. The molecular weight excluding hydrogens is 561 g/mol. The van der Waals surface area contributed by atoms with Gasteiger partial charge in [-0.2, -0.15) is 0 Å². The van der Waals surface area contributed by atoms with Gasteiger partial charge in [-0.25, -0.2) is 12.7 Å². The van der Waals surface area contributed by atoms with Gasteiger partial charge in [0.2, 0.25) is 10.0 Å². The normalized spacial score (nSPS) is 19.7. The van der Waals surface area contributed by atoms with Gasteiger partial charge in [0.15, 0.2) is 5.75 Å². The van der Waals surface area contributed by atoms with Gasteiger partial charge in [-0.15, -0.1) is 0 Å². The van der Waals surface area contributed by atoms with Gasteiger partial charge in [0.1, 0.15) is 11.4 Å². The molecule has 0 aliphatic carbocycles. The highest BCUT2D eigenvalue weighted by Crippen LogP contribution is 2.32. The number of benzene rings is 2. The molecule has 10 nitrogen and oxygen atoms in total. The highest BCUT2D eigenvalue weighted by atomic mass is 32.2. The summed E-state index contributed by atoms with van der Waals surface area (Å²) in [6.45, 7) is 9.69. The summed E-state index contributed by atoms with van der Waals surface area (Å²) in [6.07, 6.45) is 0.831. The van der Waals surface area contributed by atoms with E-state index in [4.69, 9.17) is 0 Å². The topological polar surface area (TPSA) is 112 Å². The second kappa shape index (κ2) is 12.1. The first-order valence-corrected chi connectivity index (χ1v) is 16.0. The molecule has 226 valence electrons. The molecule has 2 saturated heterocycles. The van der Waals surface area contributed by atoms with Crippen LogP contribution in [-0.2, 0) is 21.2 Å². The predicted octanol–water partition coefficient (Wildman–Crippen LogP) is 2.71. The highest BCUT2D eigenvalue weighted by molar-refractivity contribution is 7.89. The minimum atomic E-state index is -3.58. The number of carbonyl (C=O) groups is 2. The van der Waals surface area contributed by atoms with Crippen molar-refractivity contribution in [2.24, 2.45) is 4.99 Å². The van der Waals surface area contributed by atoms with Crippen LogP contribution in [0.5, 0.6) is 5.75 Å². The number of rotatable bonds is 8. The summed E-state index contributed by atoms with van der Waals surface area (Å²) < 4.78 is 40.5. The number of amides is 2. The van der Waals surface area contributed by atoms with Crippen LogP contribution in [0.25, 0.3) is 0 Å². The molecule has 42 heavy (non-hydrogen) atoms. The van der Waals surface area contributed by atoms with E-state index >= 15 is 0 Å². The van der Waals surface area contributed by atoms with Crippen LogP contribution in [0.2, 0.25) is 0 Å². The van der Waals surface area contributed by atoms with Crippen molar-refractivity contribution in [2.75, 3.05) is 45.0 Å². The zero-order valence-electron chi connectivity index (χ0n) is 24.3. The standard InChI is InChI=1S/C30H38FN5O5S/c1-21(2)34-14-16-35(17-15-34)28(37)25-8-7-23(22(3)19-25)9-18-42(39,40)36-12-10-30(11-13-36)29(38)32-27(33-30)24-5-4-6-26(20-24)41-31/h4-8,19-21H,9-18H2,1-3H3,(H,32,33,38). The number of carbonyl (C=O) groups excluding carboxylic acids is 2. The first-order valence-electron chi connectivity index (χ1n) is 14.4. The number of sulfonamides is 1. The second-order valence-corrected chi connectivity index (χ2v) is 13.7. The fourth-order valence-corrected chi connectivity index (χ4v) is 7.39. The molecule has 2 aromatic carbocycles. The third-order valence-electron chi connectivity index (χ3n) is 8.67. The maximum atomic E-state index is 13.2. The molecule has 1 N–H and O–H groups in total. The van der Waals surface area contributed by atoms with Gasteiger partial charge < -0.3 is 10.2 Å². The van der Waals surface area contributed by atoms with E-state index in [2.05, 4.69) is 34.0 Å². The van der Waals surface area contributed by atoms with Crippen LogP contribution in [0.1, 0.15) is 53.7 Å². The number of piperidine rings is 1. The Labute approximate surface area is 246 Å². The van der Waals surface area contributed by atoms with Gasteiger partial charge in [-0.1, -0.05) is 18.2 Å². The number of aliphatic imine (C=N–C) groups is 1. The van der Waals surface area contributed by atoms with Crippen molar-refractivity contribution < 1.29 is 27.5 Å². The van der Waals surface area contributed by atoms with E-state index in [1.165, 1.54) is 16.4 Å². The number of piperazine rings is 1. The first-order chi connectivity index (χ1) is 20.0. The average Bonchev–Trinajstić information content (AvgIpc) is 3.31. The number of hydrogen-bond donors (Lipinski definition) is 1. The quantitative estimate of drug-likeness (QED) is 0.500. The number of hydrogen-bond acceptors (Lipinski definition) is 7. The van der Waals surface area contributed by atoms with Gasteiger partial charge in [-0.05, 0) is 75.4 Å². The van der Waals surface area contributed by atoms with Crippen molar-refractivity contribution in [1.82, 2.24) is 19.4 Å². The summed E-state index contributed by atoms with van der Waals surface area (Å²) >= 11 is 0. The van der Waals surface area contributed by atoms with Crippen LogP contribution < -0.4 is 10.3 Å². The number of amidine groups is 1. The van der Waals surface area contributed by atoms with Crippen LogP contribution in [0.3, 0.4) is 0 Å². The Morgan fingerprint density at radius 2 is 1.79 bits per heavy atom. The molecule has 0 aromatic heterocycles. The maximum absolute atomic E-state index is 13.2. The van der Waals surface area contributed by atoms with Crippen molar-refractivity contribution in [1.29, 1.82) is 0 Å². The zero-order valence-corrected chi connectivity index (χ0v) is 25.1. The lowest BCUT2D eigenvalue weighted by Crippen LogP contribution is -2.51. The summed E-state index contributed by atoms with van der Waals surface area (Å²) in [5.41, 5.74) is 1.87. The summed E-state index contributed by atoms with van der Waals surface area (Å²) in [4.78, 5) is 38.6. The molecule has 12 heteroatoms. The molecule has 0 unspecified atom stereocenters. The predicted molar refractivity (Wildman–Crippen MR) is 158 cm³/mol. The molecule has 2 amide bonds. The lowest BCUT2D eigenvalue weighted by atomic mass is 9.89. The molecule has 1 spiro atoms. The Kier molecular flexibility index (Phi) is 8.68. The monoisotopic (exact) mass is 599 g/mol. The molecule has 3 aliphatic heterocycles. The highest BCUT2D eigenvalue weighted by Gasteiger charge is 2.47. The molecule has 3 heterocycles. The molecule has 0 bridgehead atoms. The minimum absolute atomic E-state index is 0.00273. The summed E-state index contributed by atoms with van der Waals surface area (Å²) in [7, 11) is -3.58. The van der Waals surface area contributed by atoms with Gasteiger partial charge in [0.05, 0.1) is 5.75 Å². The van der Waals surface area contributed by atoms with Gasteiger partial charge in [-0.3, -0.25) is 24.4 Å². The van der Waals surface area contributed by atoms with Crippen LogP contribution in [0.4, 0.5) is 4.53 Å². The fourth-order valence-electron chi connectivity index (χ4n) is 5.92. The van der Waals surface area contributed by atoms with E-state index < -0.39 is 15.6 Å². The number of nitrogens with one attached hydrogen (secondary N) is 1. The number of halogens is 1. The van der Waals surface area contributed by atoms with Crippen molar-refractivity contribution >= 4 is 27.7 Å². The molecule has 2 aromatic rings.